The standard InChI is InChI=1S/C28H34F6O/c1-2-3-4-5-20-8-14-23(15-9-20)24-16-10-21(11-17-24)6-7-22-12-18-25(19-13-22)35-28(33,34)26(29)27(30,31)32/h10-13,16-20,23,26H,2-9,14-15H2,1H3. The van der Waals surface area contributed by atoms with Gasteiger partial charge in [-0.15, -0.1) is 0 Å². The molecule has 1 unspecified atom stereocenters. The molecule has 0 aliphatic heterocycles. The van der Waals surface area contributed by atoms with Gasteiger partial charge in [0.2, 0.25) is 0 Å². The highest BCUT2D eigenvalue weighted by atomic mass is 19.4. The molecule has 1 fully saturated rings. The maximum atomic E-state index is 13.4. The molecule has 35 heavy (non-hydrogen) atoms. The van der Waals surface area contributed by atoms with Gasteiger partial charge in [-0.1, -0.05) is 69.0 Å². The van der Waals surface area contributed by atoms with Crippen molar-refractivity contribution in [1.82, 2.24) is 0 Å². The van der Waals surface area contributed by atoms with Crippen LogP contribution in [0.4, 0.5) is 26.3 Å². The number of hydrogen-bond acceptors (Lipinski definition) is 1. The summed E-state index contributed by atoms with van der Waals surface area (Å²) < 4.78 is 80.5. The lowest BCUT2D eigenvalue weighted by Crippen LogP contribution is -2.45. The molecule has 0 radical (unpaired) electrons. The second kappa shape index (κ2) is 12.2. The van der Waals surface area contributed by atoms with Gasteiger partial charge in [0, 0.05) is 0 Å². The van der Waals surface area contributed by atoms with Crippen LogP contribution in [-0.4, -0.2) is 18.5 Å². The topological polar surface area (TPSA) is 9.23 Å². The van der Waals surface area contributed by atoms with Crippen LogP contribution < -0.4 is 4.74 Å². The molecule has 1 atom stereocenters. The lowest BCUT2D eigenvalue weighted by molar-refractivity contribution is -0.304. The molecular formula is C28H34F6O. The molecule has 1 aliphatic rings. The number of unbranched alkanes of at least 4 members (excludes halogenated alkanes) is 2. The smallest absolute Gasteiger partial charge is 0.430 e. The van der Waals surface area contributed by atoms with Crippen LogP contribution in [0, 0.1) is 5.92 Å². The Kier molecular flexibility index (Phi) is 9.54. The van der Waals surface area contributed by atoms with Gasteiger partial charge in [0.1, 0.15) is 5.75 Å². The monoisotopic (exact) mass is 500 g/mol. The van der Waals surface area contributed by atoms with Gasteiger partial charge in [0.25, 0.3) is 6.17 Å². The zero-order valence-electron chi connectivity index (χ0n) is 20.1. The van der Waals surface area contributed by atoms with Gasteiger partial charge in [-0.3, -0.25) is 0 Å². The third-order valence-corrected chi connectivity index (χ3v) is 6.98. The second-order valence-corrected chi connectivity index (χ2v) is 9.67. The Balaban J connectivity index is 1.46. The molecule has 1 saturated carbocycles. The molecule has 2 aromatic carbocycles. The van der Waals surface area contributed by atoms with E-state index in [2.05, 4.69) is 35.9 Å². The van der Waals surface area contributed by atoms with Gasteiger partial charge in [0.05, 0.1) is 0 Å². The number of halogens is 6. The molecule has 0 spiro atoms. The molecule has 0 N–H and O–H groups in total. The predicted molar refractivity (Wildman–Crippen MR) is 126 cm³/mol. The number of ether oxygens (including phenoxy) is 1. The predicted octanol–water partition coefficient (Wildman–Crippen LogP) is 9.20. The van der Waals surface area contributed by atoms with Gasteiger partial charge in [-0.25, -0.2) is 4.39 Å². The quantitative estimate of drug-likeness (QED) is 0.221. The van der Waals surface area contributed by atoms with E-state index in [9.17, 15) is 26.3 Å². The Morgan fingerprint density at radius 2 is 1.34 bits per heavy atom. The molecule has 3 rings (SSSR count). The molecule has 7 heteroatoms. The number of hydrogen-bond donors (Lipinski definition) is 0. The minimum atomic E-state index is -5.70. The van der Waals surface area contributed by atoms with E-state index in [4.69, 9.17) is 0 Å². The van der Waals surface area contributed by atoms with Crippen molar-refractivity contribution < 1.29 is 31.1 Å². The average molecular weight is 501 g/mol. The van der Waals surface area contributed by atoms with Crippen LogP contribution >= 0.6 is 0 Å². The number of alkyl halides is 6. The van der Waals surface area contributed by atoms with Crippen LogP contribution in [0.2, 0.25) is 0 Å². The van der Waals surface area contributed by atoms with Crippen LogP contribution in [0.25, 0.3) is 0 Å². The lowest BCUT2D eigenvalue weighted by Gasteiger charge is -2.29. The molecule has 194 valence electrons. The summed E-state index contributed by atoms with van der Waals surface area (Å²) in [6.07, 6.45) is -3.30. The highest BCUT2D eigenvalue weighted by Crippen LogP contribution is 2.38. The molecule has 1 nitrogen and oxygen atoms in total. The number of benzene rings is 2. The SMILES string of the molecule is CCCCCC1CCC(c2ccc(CCc3ccc(OC(F)(F)C(F)C(F)(F)F)cc3)cc2)CC1. The molecule has 0 aromatic heterocycles. The molecule has 1 aliphatic carbocycles. The van der Waals surface area contributed by atoms with E-state index in [-0.39, 0.29) is 0 Å². The summed E-state index contributed by atoms with van der Waals surface area (Å²) in [5.74, 6) is 0.983. The van der Waals surface area contributed by atoms with E-state index in [0.717, 1.165) is 35.6 Å². The van der Waals surface area contributed by atoms with Crippen molar-refractivity contribution in [3.8, 4) is 5.75 Å². The van der Waals surface area contributed by atoms with Gasteiger partial charge < -0.3 is 4.74 Å². The summed E-state index contributed by atoms with van der Waals surface area (Å²) in [6.45, 7) is 2.24. The first-order valence-corrected chi connectivity index (χ1v) is 12.5. The van der Waals surface area contributed by atoms with Crippen LogP contribution in [0.15, 0.2) is 48.5 Å². The van der Waals surface area contributed by atoms with Gasteiger partial charge >= 0.3 is 12.3 Å². The third kappa shape index (κ3) is 8.18. The van der Waals surface area contributed by atoms with Crippen molar-refractivity contribution in [2.75, 3.05) is 0 Å². The summed E-state index contributed by atoms with van der Waals surface area (Å²) in [4.78, 5) is 0. The molecule has 0 heterocycles. The largest absolute Gasteiger partial charge is 0.439 e. The summed E-state index contributed by atoms with van der Waals surface area (Å²) >= 11 is 0. The maximum Gasteiger partial charge on any atom is 0.439 e. The van der Waals surface area contributed by atoms with E-state index >= 15 is 0 Å². The Morgan fingerprint density at radius 1 is 0.800 bits per heavy atom. The van der Waals surface area contributed by atoms with Crippen molar-refractivity contribution in [2.24, 2.45) is 5.92 Å². The second-order valence-electron chi connectivity index (χ2n) is 9.67. The number of rotatable bonds is 11. The summed E-state index contributed by atoms with van der Waals surface area (Å²) in [6, 6.07) is 13.9. The Morgan fingerprint density at radius 3 is 1.86 bits per heavy atom. The van der Waals surface area contributed by atoms with Crippen molar-refractivity contribution in [1.29, 1.82) is 0 Å². The van der Waals surface area contributed by atoms with E-state index in [1.54, 1.807) is 0 Å². The summed E-state index contributed by atoms with van der Waals surface area (Å²) in [5, 5.41) is 0. The average Bonchev–Trinajstić information content (AvgIpc) is 2.83. The van der Waals surface area contributed by atoms with Gasteiger partial charge in [0.15, 0.2) is 0 Å². The third-order valence-electron chi connectivity index (χ3n) is 6.98. The Hall–Kier alpha value is -2.18. The van der Waals surface area contributed by atoms with E-state index in [1.165, 1.54) is 69.1 Å². The van der Waals surface area contributed by atoms with E-state index in [1.807, 2.05) is 0 Å². The van der Waals surface area contributed by atoms with Crippen molar-refractivity contribution >= 4 is 0 Å². The molecule has 0 amide bonds. The van der Waals surface area contributed by atoms with E-state index in [0.29, 0.717) is 12.3 Å². The molecule has 0 bridgehead atoms. The fourth-order valence-corrected chi connectivity index (χ4v) is 4.84. The first kappa shape index (κ1) is 27.4. The first-order chi connectivity index (χ1) is 16.6. The summed E-state index contributed by atoms with van der Waals surface area (Å²) in [7, 11) is 0. The van der Waals surface area contributed by atoms with Crippen molar-refractivity contribution in [2.45, 2.75) is 95.5 Å². The minimum absolute atomic E-state index is 0.518. The maximum absolute atomic E-state index is 13.4. The van der Waals surface area contributed by atoms with Crippen LogP contribution in [0.1, 0.15) is 80.9 Å². The normalized spacial score (nSPS) is 20.0. The fraction of sp³-hybridized carbons (Fsp3) is 0.571. The van der Waals surface area contributed by atoms with Crippen molar-refractivity contribution in [3.63, 3.8) is 0 Å². The first-order valence-electron chi connectivity index (χ1n) is 12.5. The highest BCUT2D eigenvalue weighted by Gasteiger charge is 2.59. The molecule has 2 aromatic rings. The molecule has 0 saturated heterocycles. The minimum Gasteiger partial charge on any atom is -0.430 e. The van der Waals surface area contributed by atoms with Crippen LogP contribution in [0.5, 0.6) is 5.75 Å². The van der Waals surface area contributed by atoms with Gasteiger partial charge in [-0.05, 0) is 79.2 Å². The number of aryl methyl sites for hydroxylation is 2. The van der Waals surface area contributed by atoms with Crippen LogP contribution in [-0.2, 0) is 12.8 Å². The van der Waals surface area contributed by atoms with E-state index < -0.39 is 24.2 Å². The highest BCUT2D eigenvalue weighted by molar-refractivity contribution is 5.30. The zero-order chi connectivity index (χ0) is 25.5. The lowest BCUT2D eigenvalue weighted by atomic mass is 9.77. The summed E-state index contributed by atoms with van der Waals surface area (Å²) in [5.41, 5.74) is 3.35. The Labute approximate surface area is 203 Å². The Bertz CT molecular complexity index is 883. The van der Waals surface area contributed by atoms with Crippen LogP contribution in [0.3, 0.4) is 0 Å². The van der Waals surface area contributed by atoms with Crippen molar-refractivity contribution in [3.05, 3.63) is 65.2 Å². The van der Waals surface area contributed by atoms with Gasteiger partial charge in [-0.2, -0.15) is 22.0 Å². The molecular weight excluding hydrogens is 466 g/mol. The zero-order valence-corrected chi connectivity index (χ0v) is 20.1. The fourth-order valence-electron chi connectivity index (χ4n) is 4.84.